The van der Waals surface area contributed by atoms with Crippen molar-refractivity contribution in [1.29, 1.82) is 0 Å². The van der Waals surface area contributed by atoms with Crippen LogP contribution in [0, 0.1) is 0 Å². The quantitative estimate of drug-likeness (QED) is 0.619. The first-order valence-corrected chi connectivity index (χ1v) is 9.61. The van der Waals surface area contributed by atoms with Crippen LogP contribution >= 0.6 is 0 Å². The van der Waals surface area contributed by atoms with E-state index in [4.69, 9.17) is 4.74 Å². The Balaban J connectivity index is 1.83. The van der Waals surface area contributed by atoms with Gasteiger partial charge in [-0.15, -0.1) is 0 Å². The zero-order valence-electron chi connectivity index (χ0n) is 16.7. The highest BCUT2D eigenvalue weighted by molar-refractivity contribution is 6.01. The topological polar surface area (TPSA) is 38.3 Å². The number of ether oxygens (including phenoxy) is 1. The first-order chi connectivity index (χ1) is 13.4. The lowest BCUT2D eigenvalue weighted by Crippen LogP contribution is -2.40. The molecule has 0 saturated heterocycles. The van der Waals surface area contributed by atoms with Crippen molar-refractivity contribution in [3.8, 4) is 16.9 Å². The molecule has 3 aromatic carbocycles. The summed E-state index contributed by atoms with van der Waals surface area (Å²) in [6.45, 7) is 6.50. The molecule has 0 saturated carbocycles. The van der Waals surface area contributed by atoms with E-state index in [-0.39, 0.29) is 11.4 Å². The second kappa shape index (κ2) is 8.75. The minimum Gasteiger partial charge on any atom is -0.493 e. The van der Waals surface area contributed by atoms with Crippen molar-refractivity contribution in [2.45, 2.75) is 32.7 Å². The van der Waals surface area contributed by atoms with Gasteiger partial charge in [0.25, 0.3) is 5.91 Å². The molecule has 3 heteroatoms. The van der Waals surface area contributed by atoms with Crippen molar-refractivity contribution in [2.75, 3.05) is 6.61 Å². The third kappa shape index (κ3) is 5.46. The normalized spacial score (nSPS) is 11.1. The maximum Gasteiger partial charge on any atom is 0.252 e. The first kappa shape index (κ1) is 19.7. The SMILES string of the molecule is CC(C)(C)NC(=O)c1cc(OCCc2ccccc2)ccc1-c1ccccc1. The van der Waals surface area contributed by atoms with Crippen LogP contribution in [0.15, 0.2) is 78.9 Å². The molecular weight excluding hydrogens is 346 g/mol. The van der Waals surface area contributed by atoms with E-state index in [0.717, 1.165) is 17.5 Å². The van der Waals surface area contributed by atoms with Gasteiger partial charge in [0.15, 0.2) is 0 Å². The fourth-order valence-corrected chi connectivity index (χ4v) is 3.01. The molecule has 3 nitrogen and oxygen atoms in total. The number of carbonyl (C=O) groups excluding carboxylic acids is 1. The van der Waals surface area contributed by atoms with Gasteiger partial charge in [0.1, 0.15) is 5.75 Å². The van der Waals surface area contributed by atoms with E-state index in [1.54, 1.807) is 0 Å². The van der Waals surface area contributed by atoms with Gasteiger partial charge in [-0.2, -0.15) is 0 Å². The molecule has 144 valence electrons. The largest absolute Gasteiger partial charge is 0.493 e. The summed E-state index contributed by atoms with van der Waals surface area (Å²) in [5.41, 5.74) is 3.46. The predicted octanol–water partition coefficient (Wildman–Crippen LogP) is 5.50. The summed E-state index contributed by atoms with van der Waals surface area (Å²) in [4.78, 5) is 12.9. The molecule has 28 heavy (non-hydrogen) atoms. The Bertz CT molecular complexity index is 912. The van der Waals surface area contributed by atoms with Crippen molar-refractivity contribution in [3.05, 3.63) is 90.0 Å². The highest BCUT2D eigenvalue weighted by Crippen LogP contribution is 2.28. The fourth-order valence-electron chi connectivity index (χ4n) is 3.01. The maximum absolute atomic E-state index is 12.9. The van der Waals surface area contributed by atoms with Crippen molar-refractivity contribution >= 4 is 5.91 Å². The molecule has 3 rings (SSSR count). The first-order valence-electron chi connectivity index (χ1n) is 9.61. The Kier molecular flexibility index (Phi) is 6.15. The molecule has 0 aliphatic heterocycles. The van der Waals surface area contributed by atoms with Gasteiger partial charge in [-0.05, 0) is 55.7 Å². The van der Waals surface area contributed by atoms with Gasteiger partial charge in [0.2, 0.25) is 0 Å². The molecule has 0 atom stereocenters. The number of rotatable bonds is 6. The van der Waals surface area contributed by atoms with E-state index < -0.39 is 0 Å². The molecular formula is C25H27NO2. The number of carbonyl (C=O) groups is 1. The van der Waals surface area contributed by atoms with Crippen LogP contribution < -0.4 is 10.1 Å². The lowest BCUT2D eigenvalue weighted by molar-refractivity contribution is 0.0919. The van der Waals surface area contributed by atoms with Crippen LogP contribution in [0.5, 0.6) is 5.75 Å². The molecule has 0 bridgehead atoms. The van der Waals surface area contributed by atoms with Gasteiger partial charge in [0.05, 0.1) is 12.2 Å². The van der Waals surface area contributed by atoms with E-state index in [1.807, 2.05) is 87.5 Å². The van der Waals surface area contributed by atoms with Crippen LogP contribution in [-0.2, 0) is 6.42 Å². The van der Waals surface area contributed by atoms with Gasteiger partial charge in [0, 0.05) is 12.0 Å². The van der Waals surface area contributed by atoms with Crippen LogP contribution in [0.25, 0.3) is 11.1 Å². The van der Waals surface area contributed by atoms with Crippen molar-refractivity contribution in [2.24, 2.45) is 0 Å². The molecule has 0 aromatic heterocycles. The Morgan fingerprint density at radius 3 is 2.18 bits per heavy atom. The third-order valence-corrected chi connectivity index (χ3v) is 4.31. The van der Waals surface area contributed by atoms with Gasteiger partial charge >= 0.3 is 0 Å². The molecule has 0 aliphatic rings. The second-order valence-electron chi connectivity index (χ2n) is 7.86. The molecule has 1 amide bonds. The van der Waals surface area contributed by atoms with E-state index in [9.17, 15) is 4.79 Å². The average Bonchev–Trinajstić information content (AvgIpc) is 2.68. The summed E-state index contributed by atoms with van der Waals surface area (Å²) in [5, 5.41) is 3.06. The summed E-state index contributed by atoms with van der Waals surface area (Å²) < 4.78 is 5.94. The smallest absolute Gasteiger partial charge is 0.252 e. The van der Waals surface area contributed by atoms with Crippen LogP contribution in [0.2, 0.25) is 0 Å². The van der Waals surface area contributed by atoms with Crippen LogP contribution in [-0.4, -0.2) is 18.1 Å². The third-order valence-electron chi connectivity index (χ3n) is 4.31. The lowest BCUT2D eigenvalue weighted by atomic mass is 9.97. The van der Waals surface area contributed by atoms with Crippen molar-refractivity contribution in [3.63, 3.8) is 0 Å². The van der Waals surface area contributed by atoms with E-state index in [1.165, 1.54) is 5.56 Å². The number of hydrogen-bond acceptors (Lipinski definition) is 2. The van der Waals surface area contributed by atoms with Crippen LogP contribution in [0.4, 0.5) is 0 Å². The van der Waals surface area contributed by atoms with Crippen LogP contribution in [0.1, 0.15) is 36.7 Å². The number of benzene rings is 3. The second-order valence-corrected chi connectivity index (χ2v) is 7.86. The summed E-state index contributed by atoms with van der Waals surface area (Å²) in [6, 6.07) is 25.9. The summed E-state index contributed by atoms with van der Waals surface area (Å²) >= 11 is 0. The van der Waals surface area contributed by atoms with Gasteiger partial charge in [-0.25, -0.2) is 0 Å². The summed E-state index contributed by atoms with van der Waals surface area (Å²) in [5.74, 6) is 0.606. The highest BCUT2D eigenvalue weighted by Gasteiger charge is 2.19. The lowest BCUT2D eigenvalue weighted by Gasteiger charge is -2.22. The van der Waals surface area contributed by atoms with Crippen molar-refractivity contribution in [1.82, 2.24) is 5.32 Å². The molecule has 0 fully saturated rings. The Morgan fingerprint density at radius 1 is 0.893 bits per heavy atom. The molecule has 1 N–H and O–H groups in total. The minimum absolute atomic E-state index is 0.0973. The molecule has 0 unspecified atom stereocenters. The molecule has 0 radical (unpaired) electrons. The number of amides is 1. The summed E-state index contributed by atoms with van der Waals surface area (Å²) in [7, 11) is 0. The number of hydrogen-bond donors (Lipinski definition) is 1. The maximum atomic E-state index is 12.9. The van der Waals surface area contributed by atoms with E-state index in [2.05, 4.69) is 17.4 Å². The Hall–Kier alpha value is -3.07. The van der Waals surface area contributed by atoms with Gasteiger partial charge in [-0.3, -0.25) is 4.79 Å². The average molecular weight is 373 g/mol. The van der Waals surface area contributed by atoms with Crippen molar-refractivity contribution < 1.29 is 9.53 Å². The van der Waals surface area contributed by atoms with Gasteiger partial charge < -0.3 is 10.1 Å². The zero-order chi connectivity index (χ0) is 20.0. The van der Waals surface area contributed by atoms with E-state index >= 15 is 0 Å². The standard InChI is InChI=1S/C25H27NO2/c1-25(2,3)26-24(27)23-18-21(28-17-16-19-10-6-4-7-11-19)14-15-22(23)20-12-8-5-9-13-20/h4-15,18H,16-17H2,1-3H3,(H,26,27). The minimum atomic E-state index is -0.310. The Labute approximate surface area is 167 Å². The summed E-state index contributed by atoms with van der Waals surface area (Å²) in [6.07, 6.45) is 0.824. The fraction of sp³-hybridized carbons (Fsp3) is 0.240. The van der Waals surface area contributed by atoms with E-state index in [0.29, 0.717) is 17.9 Å². The Morgan fingerprint density at radius 2 is 1.54 bits per heavy atom. The number of nitrogens with one attached hydrogen (secondary N) is 1. The highest BCUT2D eigenvalue weighted by atomic mass is 16.5. The molecule has 0 aliphatic carbocycles. The van der Waals surface area contributed by atoms with Crippen LogP contribution in [0.3, 0.4) is 0 Å². The van der Waals surface area contributed by atoms with Gasteiger partial charge in [-0.1, -0.05) is 60.7 Å². The monoisotopic (exact) mass is 373 g/mol. The molecule has 0 spiro atoms. The molecule has 0 heterocycles. The molecule has 3 aromatic rings. The predicted molar refractivity (Wildman–Crippen MR) is 115 cm³/mol. The zero-order valence-corrected chi connectivity index (χ0v) is 16.7.